The van der Waals surface area contributed by atoms with Crippen LogP contribution in [0.4, 0.5) is 0 Å². The number of ether oxygens (including phenoxy) is 3. The number of carbonyl (C=O) groups excluding carboxylic acids is 3. The third-order valence-corrected chi connectivity index (χ3v) is 15.6. The van der Waals surface area contributed by atoms with Gasteiger partial charge in [-0.25, -0.2) is 0 Å². The lowest BCUT2D eigenvalue weighted by Crippen LogP contribution is -2.30. The quantitative estimate of drug-likeness (QED) is 0.0261. The Morgan fingerprint density at radius 3 is 0.756 bits per heavy atom. The van der Waals surface area contributed by atoms with Crippen LogP contribution in [0, 0.1) is 0 Å². The molecule has 6 nitrogen and oxygen atoms in total. The summed E-state index contributed by atoms with van der Waals surface area (Å²) in [5.41, 5.74) is 0. The van der Waals surface area contributed by atoms with Crippen LogP contribution in [0.25, 0.3) is 0 Å². The van der Waals surface area contributed by atoms with Crippen molar-refractivity contribution in [3.05, 3.63) is 85.1 Å². The molecule has 1 unspecified atom stereocenters. The fraction of sp³-hybridized carbons (Fsp3) is 0.776. The van der Waals surface area contributed by atoms with Crippen LogP contribution in [-0.2, 0) is 28.6 Å². The molecule has 82 heavy (non-hydrogen) atoms. The monoisotopic (exact) mass is 1140 g/mol. The molecule has 0 bridgehead atoms. The summed E-state index contributed by atoms with van der Waals surface area (Å²) in [7, 11) is 0. The van der Waals surface area contributed by atoms with Crippen LogP contribution in [0.3, 0.4) is 0 Å². The second kappa shape index (κ2) is 70.1. The van der Waals surface area contributed by atoms with E-state index in [0.29, 0.717) is 19.3 Å². The lowest BCUT2D eigenvalue weighted by molar-refractivity contribution is -0.167. The van der Waals surface area contributed by atoms with E-state index in [2.05, 4.69) is 106 Å². The first-order valence-corrected chi connectivity index (χ1v) is 35.6. The molecule has 0 saturated heterocycles. The minimum atomic E-state index is -0.783. The first-order valence-electron chi connectivity index (χ1n) is 35.6. The smallest absolute Gasteiger partial charge is 0.306 e. The molecule has 1 atom stereocenters. The topological polar surface area (TPSA) is 78.9 Å². The van der Waals surface area contributed by atoms with E-state index in [1.54, 1.807) is 0 Å². The molecule has 474 valence electrons. The van der Waals surface area contributed by atoms with Crippen LogP contribution in [0.1, 0.15) is 361 Å². The molecule has 0 aliphatic carbocycles. The second-order valence-corrected chi connectivity index (χ2v) is 23.8. The molecule has 0 aromatic rings. The van der Waals surface area contributed by atoms with Gasteiger partial charge in [-0.05, 0) is 116 Å². The number of unbranched alkanes of at least 4 members (excludes halogenated alkanes) is 40. The molecule has 0 rings (SSSR count). The zero-order valence-corrected chi connectivity index (χ0v) is 54.5. The summed E-state index contributed by atoms with van der Waals surface area (Å²) in [5.74, 6) is -0.872. The molecular formula is C76H134O6. The maximum atomic E-state index is 13.0. The number of carbonyl (C=O) groups is 3. The molecule has 0 aromatic heterocycles. The molecule has 0 aliphatic rings. The zero-order chi connectivity index (χ0) is 59.2. The van der Waals surface area contributed by atoms with Crippen LogP contribution >= 0.6 is 0 Å². The van der Waals surface area contributed by atoms with Crippen molar-refractivity contribution in [3.63, 3.8) is 0 Å². The number of esters is 3. The Morgan fingerprint density at radius 2 is 0.476 bits per heavy atom. The van der Waals surface area contributed by atoms with Crippen molar-refractivity contribution >= 4 is 17.9 Å². The average molecular weight is 1140 g/mol. The predicted octanol–water partition coefficient (Wildman–Crippen LogP) is 24.6. The first kappa shape index (κ1) is 78.6. The molecule has 0 spiro atoms. The van der Waals surface area contributed by atoms with Crippen molar-refractivity contribution in [2.75, 3.05) is 13.2 Å². The van der Waals surface area contributed by atoms with Gasteiger partial charge in [0.25, 0.3) is 0 Å². The van der Waals surface area contributed by atoms with Gasteiger partial charge in [0.2, 0.25) is 0 Å². The van der Waals surface area contributed by atoms with Gasteiger partial charge in [-0.15, -0.1) is 0 Å². The van der Waals surface area contributed by atoms with Gasteiger partial charge >= 0.3 is 17.9 Å². The molecule has 0 fully saturated rings. The van der Waals surface area contributed by atoms with Crippen molar-refractivity contribution in [1.82, 2.24) is 0 Å². The highest BCUT2D eigenvalue weighted by Crippen LogP contribution is 2.17. The summed E-state index contributed by atoms with van der Waals surface area (Å²) >= 11 is 0. The second-order valence-electron chi connectivity index (χ2n) is 23.8. The lowest BCUT2D eigenvalue weighted by atomic mass is 10.0. The summed E-state index contributed by atoms with van der Waals surface area (Å²) in [6, 6.07) is 0. The van der Waals surface area contributed by atoms with E-state index in [9.17, 15) is 14.4 Å². The van der Waals surface area contributed by atoms with Gasteiger partial charge in [0.05, 0.1) is 0 Å². The molecule has 0 radical (unpaired) electrons. The van der Waals surface area contributed by atoms with Gasteiger partial charge in [0, 0.05) is 19.3 Å². The van der Waals surface area contributed by atoms with Crippen LogP contribution in [0.15, 0.2) is 85.1 Å². The van der Waals surface area contributed by atoms with E-state index in [1.807, 2.05) is 0 Å². The van der Waals surface area contributed by atoms with Gasteiger partial charge in [0.15, 0.2) is 6.10 Å². The number of rotatable bonds is 65. The molecule has 0 heterocycles. The van der Waals surface area contributed by atoms with E-state index >= 15 is 0 Å². The highest BCUT2D eigenvalue weighted by Gasteiger charge is 2.19. The maximum Gasteiger partial charge on any atom is 0.306 e. The summed E-state index contributed by atoms with van der Waals surface area (Å²) in [6.45, 7) is 6.56. The summed E-state index contributed by atoms with van der Waals surface area (Å²) in [4.78, 5) is 38.5. The molecule has 0 N–H and O–H groups in total. The fourth-order valence-electron chi connectivity index (χ4n) is 10.3. The predicted molar refractivity (Wildman–Crippen MR) is 358 cm³/mol. The molecule has 6 heteroatoms. The van der Waals surface area contributed by atoms with Crippen LogP contribution in [0.5, 0.6) is 0 Å². The highest BCUT2D eigenvalue weighted by molar-refractivity contribution is 5.71. The van der Waals surface area contributed by atoms with Crippen molar-refractivity contribution in [2.45, 2.75) is 367 Å². The number of hydrogen-bond donors (Lipinski definition) is 0. The van der Waals surface area contributed by atoms with E-state index in [0.717, 1.165) is 96.3 Å². The lowest BCUT2D eigenvalue weighted by Gasteiger charge is -2.18. The molecule has 0 amide bonds. The summed E-state index contributed by atoms with van der Waals surface area (Å²) in [5, 5.41) is 0. The Balaban J connectivity index is 4.30. The molecule has 0 aliphatic heterocycles. The van der Waals surface area contributed by atoms with Crippen LogP contribution in [-0.4, -0.2) is 37.2 Å². The number of allylic oxidation sites excluding steroid dienone is 14. The van der Waals surface area contributed by atoms with Crippen molar-refractivity contribution in [3.8, 4) is 0 Å². The Labute approximate surface area is 509 Å². The third-order valence-electron chi connectivity index (χ3n) is 15.6. The molecular weight excluding hydrogens is 1010 g/mol. The maximum absolute atomic E-state index is 13.0. The minimum absolute atomic E-state index is 0.0784. The number of hydrogen-bond acceptors (Lipinski definition) is 6. The van der Waals surface area contributed by atoms with Crippen molar-refractivity contribution in [1.29, 1.82) is 0 Å². The SMILES string of the molecule is CC/C=C\C/C=C\C/C=C\C/C=C\C/C=C\CCCCCCCCCCCCCC(=O)OCC(COC(=O)CCCCCCC/C=C\CCCCCCC)OC(=O)CCCCCCCCCCCCC/C=C\CCCCCCCCCC. The van der Waals surface area contributed by atoms with Gasteiger partial charge in [-0.3, -0.25) is 14.4 Å². The fourth-order valence-corrected chi connectivity index (χ4v) is 10.3. The van der Waals surface area contributed by atoms with Gasteiger partial charge in [-0.2, -0.15) is 0 Å². The van der Waals surface area contributed by atoms with Crippen molar-refractivity contribution < 1.29 is 28.6 Å². The Morgan fingerprint density at radius 1 is 0.256 bits per heavy atom. The largest absolute Gasteiger partial charge is 0.462 e. The van der Waals surface area contributed by atoms with Crippen molar-refractivity contribution in [2.24, 2.45) is 0 Å². The normalized spacial score (nSPS) is 12.6. The first-order chi connectivity index (χ1) is 40.5. The Hall–Kier alpha value is -3.41. The third kappa shape index (κ3) is 67.4. The average Bonchev–Trinajstić information content (AvgIpc) is 3.48. The standard InChI is InChI=1S/C76H134O6/c1-4-7-10-13-16-19-22-25-28-30-32-34-36-37-38-39-41-42-44-46-48-51-54-57-60-63-66-69-75(78)81-72-73(71-80-74(77)68-65-62-59-56-53-50-27-24-21-18-15-12-9-6-3)82-76(79)70-67-64-61-58-55-52-49-47-45-43-40-35-33-31-29-26-23-20-17-14-11-8-5-2/h7,10,16,19,24-25,27-28,31-34,37-38,73H,4-6,8-9,11-15,17-18,20-23,26,29-30,35-36,39-72H2,1-3H3/b10-7-,19-16-,27-24-,28-25-,33-31-,34-32-,38-37-. The Bertz CT molecular complexity index is 1550. The highest BCUT2D eigenvalue weighted by atomic mass is 16.6. The van der Waals surface area contributed by atoms with E-state index in [1.165, 1.54) is 225 Å². The summed E-state index contributed by atoms with van der Waals surface area (Å²) in [6.07, 6.45) is 93.2. The van der Waals surface area contributed by atoms with Crippen LogP contribution in [0.2, 0.25) is 0 Å². The van der Waals surface area contributed by atoms with E-state index in [-0.39, 0.29) is 31.1 Å². The van der Waals surface area contributed by atoms with Gasteiger partial charge < -0.3 is 14.2 Å². The van der Waals surface area contributed by atoms with E-state index < -0.39 is 6.10 Å². The van der Waals surface area contributed by atoms with Gasteiger partial charge in [0.1, 0.15) is 13.2 Å². The molecule has 0 aromatic carbocycles. The van der Waals surface area contributed by atoms with Crippen LogP contribution < -0.4 is 0 Å². The van der Waals surface area contributed by atoms with Gasteiger partial charge in [-0.1, -0.05) is 311 Å². The zero-order valence-electron chi connectivity index (χ0n) is 54.5. The minimum Gasteiger partial charge on any atom is -0.462 e. The van der Waals surface area contributed by atoms with E-state index in [4.69, 9.17) is 14.2 Å². The summed E-state index contributed by atoms with van der Waals surface area (Å²) < 4.78 is 17.0. The Kier molecular flexibility index (Phi) is 67.2. The molecule has 0 saturated carbocycles.